The van der Waals surface area contributed by atoms with E-state index in [-0.39, 0.29) is 24.0 Å². The van der Waals surface area contributed by atoms with Gasteiger partial charge < -0.3 is 10.4 Å². The summed E-state index contributed by atoms with van der Waals surface area (Å²) in [6.45, 7) is 4.13. The van der Waals surface area contributed by atoms with Crippen LogP contribution in [0.15, 0.2) is 29.8 Å². The second-order valence-corrected chi connectivity index (χ2v) is 7.58. The fourth-order valence-electron chi connectivity index (χ4n) is 2.92. The number of aromatic nitrogens is 2. The Morgan fingerprint density at radius 1 is 1.42 bits per heavy atom. The molecular weight excluding hydrogens is 322 g/mol. The zero-order valence-electron chi connectivity index (χ0n) is 14.0. The van der Waals surface area contributed by atoms with Crippen molar-refractivity contribution in [3.8, 4) is 0 Å². The maximum atomic E-state index is 12.6. The van der Waals surface area contributed by atoms with E-state index in [1.54, 1.807) is 6.20 Å². The van der Waals surface area contributed by atoms with Crippen LogP contribution >= 0.6 is 11.3 Å². The van der Waals surface area contributed by atoms with Crippen LogP contribution in [-0.4, -0.2) is 33.1 Å². The van der Waals surface area contributed by atoms with E-state index < -0.39 is 0 Å². The number of aliphatic hydroxyl groups is 1. The predicted molar refractivity (Wildman–Crippen MR) is 94.1 cm³/mol. The van der Waals surface area contributed by atoms with Crippen LogP contribution in [0, 0.1) is 5.92 Å². The number of thiazole rings is 1. The summed E-state index contributed by atoms with van der Waals surface area (Å²) in [5, 5.41) is 15.2. The Kier molecular flexibility index (Phi) is 5.26. The molecule has 0 unspecified atom stereocenters. The maximum absolute atomic E-state index is 12.6. The molecule has 0 bridgehead atoms. The fourth-order valence-corrected chi connectivity index (χ4v) is 3.81. The van der Waals surface area contributed by atoms with Gasteiger partial charge in [0.25, 0.3) is 5.91 Å². The van der Waals surface area contributed by atoms with Crippen LogP contribution in [0.1, 0.15) is 53.8 Å². The van der Waals surface area contributed by atoms with E-state index in [0.29, 0.717) is 17.3 Å². The summed E-state index contributed by atoms with van der Waals surface area (Å²) in [7, 11) is 0. The largest absolute Gasteiger partial charge is 0.393 e. The van der Waals surface area contributed by atoms with Crippen LogP contribution < -0.4 is 5.32 Å². The van der Waals surface area contributed by atoms with Crippen molar-refractivity contribution >= 4 is 17.2 Å². The predicted octanol–water partition coefficient (Wildman–Crippen LogP) is 2.77. The van der Waals surface area contributed by atoms with E-state index in [9.17, 15) is 9.90 Å². The number of pyridine rings is 1. The van der Waals surface area contributed by atoms with Crippen molar-refractivity contribution in [2.45, 2.75) is 51.2 Å². The van der Waals surface area contributed by atoms with Gasteiger partial charge in [-0.2, -0.15) is 0 Å². The van der Waals surface area contributed by atoms with E-state index >= 15 is 0 Å². The lowest BCUT2D eigenvalue weighted by molar-refractivity contribution is 0.0238. The third-order valence-corrected chi connectivity index (χ3v) is 5.36. The summed E-state index contributed by atoms with van der Waals surface area (Å²) in [5.41, 5.74) is 1.90. The molecule has 1 saturated carbocycles. The molecule has 6 heteroatoms. The number of nitrogens with zero attached hydrogens (tertiary/aromatic N) is 2. The van der Waals surface area contributed by atoms with Crippen LogP contribution in [-0.2, 0) is 6.42 Å². The SMILES string of the molecule is CC(C)c1csc(C(=O)N[C@H](Cc2ccccn2)C2CC(O)C2)n1. The number of carbonyl (C=O) groups excluding carboxylic acids is 1. The molecule has 1 aliphatic carbocycles. The van der Waals surface area contributed by atoms with E-state index in [2.05, 4.69) is 29.1 Å². The van der Waals surface area contributed by atoms with E-state index in [1.807, 2.05) is 23.6 Å². The van der Waals surface area contributed by atoms with Crippen molar-refractivity contribution in [3.63, 3.8) is 0 Å². The first-order chi connectivity index (χ1) is 11.5. The summed E-state index contributed by atoms with van der Waals surface area (Å²) in [6, 6.07) is 5.77. The first-order valence-electron chi connectivity index (χ1n) is 8.37. The molecule has 5 nitrogen and oxygen atoms in total. The van der Waals surface area contributed by atoms with Crippen molar-refractivity contribution in [1.29, 1.82) is 0 Å². The lowest BCUT2D eigenvalue weighted by Gasteiger charge is -2.37. The molecule has 1 amide bonds. The van der Waals surface area contributed by atoms with Gasteiger partial charge in [-0.05, 0) is 36.8 Å². The second kappa shape index (κ2) is 7.40. The van der Waals surface area contributed by atoms with Gasteiger partial charge in [-0.25, -0.2) is 4.98 Å². The third kappa shape index (κ3) is 3.99. The number of amides is 1. The van der Waals surface area contributed by atoms with Gasteiger partial charge >= 0.3 is 0 Å². The Hall–Kier alpha value is -1.79. The Bertz CT molecular complexity index is 681. The lowest BCUT2D eigenvalue weighted by Crippen LogP contribution is -2.48. The summed E-state index contributed by atoms with van der Waals surface area (Å²) >= 11 is 1.38. The first-order valence-corrected chi connectivity index (χ1v) is 9.25. The molecule has 0 aliphatic heterocycles. The van der Waals surface area contributed by atoms with Gasteiger partial charge in [0, 0.05) is 29.7 Å². The Morgan fingerprint density at radius 3 is 2.79 bits per heavy atom. The quantitative estimate of drug-likeness (QED) is 0.844. The normalized spacial score (nSPS) is 21.3. The standard InChI is InChI=1S/C18H23N3O2S/c1-11(2)16-10-24-18(21-16)17(23)20-15(12-7-14(22)8-12)9-13-5-3-4-6-19-13/h3-6,10-12,14-15,22H,7-9H2,1-2H3,(H,20,23)/t12?,14?,15-/m1/s1. The number of rotatable bonds is 6. The molecule has 2 heterocycles. The molecule has 1 aliphatic rings. The molecule has 24 heavy (non-hydrogen) atoms. The highest BCUT2D eigenvalue weighted by atomic mass is 32.1. The Balaban J connectivity index is 1.69. The van der Waals surface area contributed by atoms with Crippen LogP contribution in [0.2, 0.25) is 0 Å². The average molecular weight is 345 g/mol. The van der Waals surface area contributed by atoms with Gasteiger partial charge in [0.15, 0.2) is 5.01 Å². The van der Waals surface area contributed by atoms with Crippen LogP contribution in [0.4, 0.5) is 0 Å². The van der Waals surface area contributed by atoms with Crippen molar-refractivity contribution in [1.82, 2.24) is 15.3 Å². The molecular formula is C18H23N3O2S. The number of hydrogen-bond donors (Lipinski definition) is 2. The van der Waals surface area contributed by atoms with Gasteiger partial charge in [-0.15, -0.1) is 11.3 Å². The zero-order valence-corrected chi connectivity index (χ0v) is 14.8. The summed E-state index contributed by atoms with van der Waals surface area (Å²) < 4.78 is 0. The van der Waals surface area contributed by atoms with Gasteiger partial charge in [-0.3, -0.25) is 9.78 Å². The van der Waals surface area contributed by atoms with E-state index in [1.165, 1.54) is 11.3 Å². The third-order valence-electron chi connectivity index (χ3n) is 4.50. The molecule has 0 saturated heterocycles. The van der Waals surface area contributed by atoms with Crippen LogP contribution in [0.3, 0.4) is 0 Å². The maximum Gasteiger partial charge on any atom is 0.280 e. The molecule has 1 atom stereocenters. The Morgan fingerprint density at radius 2 is 2.21 bits per heavy atom. The average Bonchev–Trinajstić information content (AvgIpc) is 3.02. The number of nitrogens with one attached hydrogen (secondary N) is 1. The molecule has 2 N–H and O–H groups in total. The van der Waals surface area contributed by atoms with Crippen molar-refractivity contribution in [2.75, 3.05) is 0 Å². The molecule has 2 aromatic rings. The van der Waals surface area contributed by atoms with Crippen molar-refractivity contribution < 1.29 is 9.90 Å². The number of carbonyl (C=O) groups is 1. The highest BCUT2D eigenvalue weighted by Gasteiger charge is 2.35. The molecule has 128 valence electrons. The smallest absolute Gasteiger partial charge is 0.280 e. The van der Waals surface area contributed by atoms with Gasteiger partial charge in [0.05, 0.1) is 11.8 Å². The topological polar surface area (TPSA) is 75.1 Å². The van der Waals surface area contributed by atoms with Crippen LogP contribution in [0.5, 0.6) is 0 Å². The summed E-state index contributed by atoms with van der Waals surface area (Å²) in [5.74, 6) is 0.471. The minimum Gasteiger partial charge on any atom is -0.393 e. The minimum absolute atomic E-state index is 0.0257. The minimum atomic E-state index is -0.245. The number of hydrogen-bond acceptors (Lipinski definition) is 5. The molecule has 0 spiro atoms. The highest BCUT2D eigenvalue weighted by molar-refractivity contribution is 7.11. The van der Waals surface area contributed by atoms with Crippen molar-refractivity contribution in [2.24, 2.45) is 5.92 Å². The molecule has 2 aromatic heterocycles. The summed E-state index contributed by atoms with van der Waals surface area (Å²) in [6.07, 6.45) is 3.65. The lowest BCUT2D eigenvalue weighted by atomic mass is 9.76. The van der Waals surface area contributed by atoms with Crippen molar-refractivity contribution in [3.05, 3.63) is 46.2 Å². The van der Waals surface area contributed by atoms with Gasteiger partial charge in [0.2, 0.25) is 0 Å². The first kappa shape index (κ1) is 17.0. The Labute approximate surface area is 146 Å². The molecule has 0 radical (unpaired) electrons. The highest BCUT2D eigenvalue weighted by Crippen LogP contribution is 2.32. The molecule has 3 rings (SSSR count). The molecule has 1 fully saturated rings. The fraction of sp³-hybridized carbons (Fsp3) is 0.500. The monoisotopic (exact) mass is 345 g/mol. The van der Waals surface area contributed by atoms with Crippen LogP contribution in [0.25, 0.3) is 0 Å². The van der Waals surface area contributed by atoms with E-state index in [4.69, 9.17) is 0 Å². The second-order valence-electron chi connectivity index (χ2n) is 6.72. The number of aliphatic hydroxyl groups excluding tert-OH is 1. The van der Waals surface area contributed by atoms with Gasteiger partial charge in [0.1, 0.15) is 0 Å². The molecule has 0 aromatic carbocycles. The van der Waals surface area contributed by atoms with Gasteiger partial charge in [-0.1, -0.05) is 19.9 Å². The van der Waals surface area contributed by atoms with E-state index in [0.717, 1.165) is 24.2 Å². The summed E-state index contributed by atoms with van der Waals surface area (Å²) in [4.78, 5) is 21.3. The zero-order chi connectivity index (χ0) is 17.1.